The van der Waals surface area contributed by atoms with Gasteiger partial charge in [-0.1, -0.05) is 12.1 Å². The van der Waals surface area contributed by atoms with Crippen LogP contribution in [0.2, 0.25) is 0 Å². The highest BCUT2D eigenvalue weighted by atomic mass is 16.5. The van der Waals surface area contributed by atoms with E-state index in [2.05, 4.69) is 27.5 Å². The Morgan fingerprint density at radius 3 is 2.48 bits per heavy atom. The minimum absolute atomic E-state index is 0.573. The van der Waals surface area contributed by atoms with Gasteiger partial charge in [-0.05, 0) is 50.2 Å². The number of anilines is 3. The molecule has 118 valence electrons. The lowest BCUT2D eigenvalue weighted by Gasteiger charge is -2.11. The number of para-hydroxylation sites is 1. The van der Waals surface area contributed by atoms with Gasteiger partial charge in [0.2, 0.25) is 5.95 Å². The van der Waals surface area contributed by atoms with Crippen LogP contribution in [0.3, 0.4) is 0 Å². The molecule has 5 nitrogen and oxygen atoms in total. The summed E-state index contributed by atoms with van der Waals surface area (Å²) in [6, 6.07) is 15.7. The minimum atomic E-state index is 0.573. The van der Waals surface area contributed by atoms with E-state index >= 15 is 0 Å². The van der Waals surface area contributed by atoms with Crippen molar-refractivity contribution in [3.8, 4) is 5.75 Å². The van der Waals surface area contributed by atoms with Gasteiger partial charge in [-0.2, -0.15) is 4.98 Å². The summed E-state index contributed by atoms with van der Waals surface area (Å²) in [4.78, 5) is 9.16. The van der Waals surface area contributed by atoms with Crippen LogP contribution in [0.15, 0.2) is 48.5 Å². The van der Waals surface area contributed by atoms with E-state index in [9.17, 15) is 0 Å². The topological polar surface area (TPSA) is 59.1 Å². The van der Waals surface area contributed by atoms with Crippen molar-refractivity contribution in [2.24, 2.45) is 0 Å². The van der Waals surface area contributed by atoms with Crippen LogP contribution in [0.1, 0.15) is 13.8 Å². The number of nitrogens with one attached hydrogen (secondary N) is 2. The first-order chi connectivity index (χ1) is 11.3. The maximum absolute atomic E-state index is 5.45. The van der Waals surface area contributed by atoms with E-state index in [1.165, 1.54) is 0 Å². The van der Waals surface area contributed by atoms with Crippen LogP contribution in [-0.4, -0.2) is 23.1 Å². The highest BCUT2D eigenvalue weighted by Crippen LogP contribution is 2.24. The molecule has 0 saturated heterocycles. The van der Waals surface area contributed by atoms with E-state index < -0.39 is 0 Å². The second-order valence-electron chi connectivity index (χ2n) is 5.03. The maximum Gasteiger partial charge on any atom is 0.229 e. The molecule has 0 aliphatic carbocycles. The van der Waals surface area contributed by atoms with Crippen molar-refractivity contribution in [3.63, 3.8) is 0 Å². The zero-order valence-electron chi connectivity index (χ0n) is 13.3. The van der Waals surface area contributed by atoms with Crippen molar-refractivity contribution in [2.75, 3.05) is 23.8 Å². The molecule has 3 aromatic rings. The van der Waals surface area contributed by atoms with E-state index in [0.29, 0.717) is 12.6 Å². The Balaban J connectivity index is 1.90. The van der Waals surface area contributed by atoms with Crippen molar-refractivity contribution < 1.29 is 4.74 Å². The maximum atomic E-state index is 5.45. The van der Waals surface area contributed by atoms with Crippen LogP contribution in [-0.2, 0) is 0 Å². The number of hydrogen-bond donors (Lipinski definition) is 2. The fourth-order valence-corrected chi connectivity index (χ4v) is 2.36. The van der Waals surface area contributed by atoms with Crippen molar-refractivity contribution in [1.82, 2.24) is 9.97 Å². The Bertz CT molecular complexity index is 787. The molecule has 0 saturated carbocycles. The van der Waals surface area contributed by atoms with Crippen molar-refractivity contribution in [1.29, 1.82) is 0 Å². The van der Waals surface area contributed by atoms with Crippen LogP contribution in [0.5, 0.6) is 5.75 Å². The number of aromatic nitrogens is 2. The third-order valence-corrected chi connectivity index (χ3v) is 3.37. The largest absolute Gasteiger partial charge is 0.494 e. The van der Waals surface area contributed by atoms with Gasteiger partial charge in [0.05, 0.1) is 12.1 Å². The average molecular weight is 308 g/mol. The van der Waals surface area contributed by atoms with E-state index in [1.54, 1.807) is 0 Å². The van der Waals surface area contributed by atoms with Crippen LogP contribution in [0, 0.1) is 0 Å². The van der Waals surface area contributed by atoms with E-state index in [1.807, 2.05) is 55.5 Å². The molecule has 23 heavy (non-hydrogen) atoms. The molecular formula is C18H20N4O. The fraction of sp³-hybridized carbons (Fsp3) is 0.222. The molecule has 3 rings (SSSR count). The Kier molecular flexibility index (Phi) is 4.57. The quantitative estimate of drug-likeness (QED) is 0.714. The molecule has 5 heteroatoms. The number of fused-ring (bicyclic) bond motifs is 1. The molecule has 0 amide bonds. The second-order valence-corrected chi connectivity index (χ2v) is 5.03. The van der Waals surface area contributed by atoms with E-state index in [-0.39, 0.29) is 0 Å². The molecule has 2 aromatic carbocycles. The second kappa shape index (κ2) is 6.96. The summed E-state index contributed by atoms with van der Waals surface area (Å²) in [6.45, 7) is 5.49. The molecule has 1 heterocycles. The lowest BCUT2D eigenvalue weighted by Crippen LogP contribution is -2.04. The number of rotatable bonds is 6. The van der Waals surface area contributed by atoms with Gasteiger partial charge in [-0.15, -0.1) is 0 Å². The van der Waals surface area contributed by atoms with E-state index in [0.717, 1.165) is 34.7 Å². The molecule has 0 aliphatic heterocycles. The molecule has 1 aromatic heterocycles. The SMILES string of the molecule is CCNc1nc(Nc2ccc(OCC)cc2)nc2ccccc12. The van der Waals surface area contributed by atoms with E-state index in [4.69, 9.17) is 4.74 Å². The van der Waals surface area contributed by atoms with Crippen molar-refractivity contribution in [2.45, 2.75) is 13.8 Å². The molecule has 0 spiro atoms. The third-order valence-electron chi connectivity index (χ3n) is 3.37. The molecule has 0 unspecified atom stereocenters. The van der Waals surface area contributed by atoms with Crippen LogP contribution < -0.4 is 15.4 Å². The lowest BCUT2D eigenvalue weighted by molar-refractivity contribution is 0.340. The zero-order chi connectivity index (χ0) is 16.1. The van der Waals surface area contributed by atoms with Crippen LogP contribution in [0.4, 0.5) is 17.5 Å². The Labute approximate surface area is 135 Å². The Hall–Kier alpha value is -2.82. The number of nitrogens with zero attached hydrogens (tertiary/aromatic N) is 2. The van der Waals surface area contributed by atoms with Crippen LogP contribution in [0.25, 0.3) is 10.9 Å². The number of benzene rings is 2. The lowest BCUT2D eigenvalue weighted by atomic mass is 10.2. The van der Waals surface area contributed by atoms with Crippen molar-refractivity contribution in [3.05, 3.63) is 48.5 Å². The Morgan fingerprint density at radius 1 is 0.957 bits per heavy atom. The number of ether oxygens (including phenoxy) is 1. The molecule has 0 bridgehead atoms. The summed E-state index contributed by atoms with van der Waals surface area (Å²) in [5.74, 6) is 2.26. The standard InChI is InChI=1S/C18H20N4O/c1-3-19-17-15-7-5-6-8-16(15)21-18(22-17)20-13-9-11-14(12-10-13)23-4-2/h5-12H,3-4H2,1-2H3,(H2,19,20,21,22). The highest BCUT2D eigenvalue weighted by Gasteiger charge is 2.07. The van der Waals surface area contributed by atoms with Gasteiger partial charge >= 0.3 is 0 Å². The fourth-order valence-electron chi connectivity index (χ4n) is 2.36. The zero-order valence-corrected chi connectivity index (χ0v) is 13.3. The summed E-state index contributed by atoms with van der Waals surface area (Å²) in [5.41, 5.74) is 1.83. The average Bonchev–Trinajstić information content (AvgIpc) is 2.57. The van der Waals surface area contributed by atoms with Gasteiger partial charge in [-0.3, -0.25) is 0 Å². The summed E-state index contributed by atoms with van der Waals surface area (Å²) in [5, 5.41) is 7.56. The summed E-state index contributed by atoms with van der Waals surface area (Å²) in [6.07, 6.45) is 0. The Morgan fingerprint density at radius 2 is 1.74 bits per heavy atom. The molecule has 2 N–H and O–H groups in total. The summed E-state index contributed by atoms with van der Waals surface area (Å²) in [7, 11) is 0. The number of hydrogen-bond acceptors (Lipinski definition) is 5. The monoisotopic (exact) mass is 308 g/mol. The minimum Gasteiger partial charge on any atom is -0.494 e. The van der Waals surface area contributed by atoms with Gasteiger partial charge < -0.3 is 15.4 Å². The summed E-state index contributed by atoms with van der Waals surface area (Å²) < 4.78 is 5.45. The molecular weight excluding hydrogens is 288 g/mol. The predicted octanol–water partition coefficient (Wildman–Crippen LogP) is 4.20. The van der Waals surface area contributed by atoms with Gasteiger partial charge in [0, 0.05) is 17.6 Å². The first kappa shape index (κ1) is 15.1. The molecule has 0 aliphatic rings. The first-order valence-electron chi connectivity index (χ1n) is 7.80. The molecule has 0 fully saturated rings. The van der Waals surface area contributed by atoms with Gasteiger partial charge in [0.1, 0.15) is 11.6 Å². The van der Waals surface area contributed by atoms with Gasteiger partial charge in [-0.25, -0.2) is 4.98 Å². The smallest absolute Gasteiger partial charge is 0.229 e. The molecule has 0 radical (unpaired) electrons. The normalized spacial score (nSPS) is 10.5. The van der Waals surface area contributed by atoms with Gasteiger partial charge in [0.15, 0.2) is 0 Å². The summed E-state index contributed by atoms with van der Waals surface area (Å²) >= 11 is 0. The predicted molar refractivity (Wildman–Crippen MR) is 94.6 cm³/mol. The van der Waals surface area contributed by atoms with Gasteiger partial charge in [0.25, 0.3) is 0 Å². The molecule has 0 atom stereocenters. The van der Waals surface area contributed by atoms with Crippen molar-refractivity contribution >= 4 is 28.4 Å². The first-order valence-corrected chi connectivity index (χ1v) is 7.80. The van der Waals surface area contributed by atoms with Crippen LogP contribution >= 0.6 is 0 Å². The highest BCUT2D eigenvalue weighted by molar-refractivity contribution is 5.90. The third kappa shape index (κ3) is 3.51.